The molecule has 0 unspecified atom stereocenters. The molecule has 1 aliphatic carbocycles. The summed E-state index contributed by atoms with van der Waals surface area (Å²) in [6.07, 6.45) is 5.53. The molecule has 0 atom stereocenters. The maximum Gasteiger partial charge on any atom is 0.182 e. The number of hydrogen-bond acceptors (Lipinski definition) is 2. The predicted octanol–water partition coefficient (Wildman–Crippen LogP) is 2.56. The number of benzene rings is 1. The van der Waals surface area contributed by atoms with Crippen molar-refractivity contribution < 1.29 is 9.59 Å². The smallest absolute Gasteiger partial charge is 0.182 e. The molecule has 0 fully saturated rings. The van der Waals surface area contributed by atoms with Crippen LogP contribution < -0.4 is 0 Å². The second-order valence-electron chi connectivity index (χ2n) is 4.26. The zero-order chi connectivity index (χ0) is 12.3. The molecule has 1 aliphatic rings. The van der Waals surface area contributed by atoms with E-state index in [9.17, 15) is 9.59 Å². The first-order valence-corrected chi connectivity index (χ1v) is 5.67. The van der Waals surface area contributed by atoms with E-state index in [-0.39, 0.29) is 11.6 Å². The summed E-state index contributed by atoms with van der Waals surface area (Å²) in [5, 5.41) is 0. The van der Waals surface area contributed by atoms with Gasteiger partial charge in [-0.15, -0.1) is 0 Å². The predicted molar refractivity (Wildman–Crippen MR) is 66.7 cm³/mol. The number of aryl methyl sites for hydroxylation is 2. The number of hydrogen-bond donors (Lipinski definition) is 0. The summed E-state index contributed by atoms with van der Waals surface area (Å²) in [5.74, 6) is -0.139. The second-order valence-corrected chi connectivity index (χ2v) is 4.26. The fourth-order valence-electron chi connectivity index (χ4n) is 1.78. The van der Waals surface area contributed by atoms with E-state index in [4.69, 9.17) is 0 Å². The van der Waals surface area contributed by atoms with Crippen LogP contribution in [0.5, 0.6) is 0 Å². The minimum atomic E-state index is -0.0940. The van der Waals surface area contributed by atoms with Crippen molar-refractivity contribution in [3.8, 4) is 0 Å². The SMILES string of the molecule is Cc1ccc(CCC2=CC(=O)C=CC2=O)cc1. The monoisotopic (exact) mass is 226 g/mol. The van der Waals surface area contributed by atoms with E-state index < -0.39 is 0 Å². The maximum absolute atomic E-state index is 11.5. The third-order valence-electron chi connectivity index (χ3n) is 2.84. The summed E-state index contributed by atoms with van der Waals surface area (Å²) >= 11 is 0. The Labute approximate surface area is 101 Å². The first kappa shape index (κ1) is 11.5. The topological polar surface area (TPSA) is 34.1 Å². The van der Waals surface area contributed by atoms with Crippen LogP contribution in [0.15, 0.2) is 48.1 Å². The Bertz CT molecular complexity index is 504. The Hall–Kier alpha value is -1.96. The Morgan fingerprint density at radius 2 is 1.65 bits per heavy atom. The van der Waals surface area contributed by atoms with Gasteiger partial charge in [0, 0.05) is 5.57 Å². The minimum Gasteiger partial charge on any atom is -0.290 e. The van der Waals surface area contributed by atoms with E-state index in [1.807, 2.05) is 6.92 Å². The third-order valence-corrected chi connectivity index (χ3v) is 2.84. The minimum absolute atomic E-state index is 0.0447. The van der Waals surface area contributed by atoms with Gasteiger partial charge in [0.1, 0.15) is 0 Å². The van der Waals surface area contributed by atoms with Crippen LogP contribution in [0.3, 0.4) is 0 Å². The van der Waals surface area contributed by atoms with Crippen LogP contribution in [-0.2, 0) is 16.0 Å². The van der Waals surface area contributed by atoms with Gasteiger partial charge < -0.3 is 0 Å². The highest BCUT2D eigenvalue weighted by Gasteiger charge is 2.12. The van der Waals surface area contributed by atoms with E-state index >= 15 is 0 Å². The molecule has 2 nitrogen and oxygen atoms in total. The van der Waals surface area contributed by atoms with E-state index in [1.54, 1.807) is 0 Å². The molecule has 0 saturated heterocycles. The lowest BCUT2D eigenvalue weighted by molar-refractivity contribution is -0.114. The van der Waals surface area contributed by atoms with Gasteiger partial charge in [-0.3, -0.25) is 9.59 Å². The van der Waals surface area contributed by atoms with Crippen LogP contribution in [0, 0.1) is 6.92 Å². The van der Waals surface area contributed by atoms with Gasteiger partial charge in [-0.2, -0.15) is 0 Å². The van der Waals surface area contributed by atoms with Crippen molar-refractivity contribution in [2.24, 2.45) is 0 Å². The fraction of sp³-hybridized carbons (Fsp3) is 0.200. The van der Waals surface area contributed by atoms with Crippen molar-refractivity contribution in [2.45, 2.75) is 19.8 Å². The Kier molecular flexibility index (Phi) is 3.33. The van der Waals surface area contributed by atoms with Gasteiger partial charge in [0.25, 0.3) is 0 Å². The third kappa shape index (κ3) is 3.00. The molecule has 0 aliphatic heterocycles. The molecule has 0 radical (unpaired) electrons. The average Bonchev–Trinajstić information content (AvgIpc) is 2.32. The maximum atomic E-state index is 11.5. The highest BCUT2D eigenvalue weighted by atomic mass is 16.1. The standard InChI is InChI=1S/C15H14O2/c1-11-2-4-12(5-3-11)6-7-13-10-14(16)8-9-15(13)17/h2-5,8-10H,6-7H2,1H3. The van der Waals surface area contributed by atoms with Crippen LogP contribution >= 0.6 is 0 Å². The van der Waals surface area contributed by atoms with E-state index in [1.165, 1.54) is 29.4 Å². The number of carbonyl (C=O) groups is 2. The number of carbonyl (C=O) groups excluding carboxylic acids is 2. The Balaban J connectivity index is 2.01. The molecule has 0 bridgehead atoms. The first-order valence-electron chi connectivity index (χ1n) is 5.67. The molecule has 0 spiro atoms. The van der Waals surface area contributed by atoms with Crippen molar-refractivity contribution >= 4 is 11.6 Å². The molecular formula is C15H14O2. The van der Waals surface area contributed by atoms with Crippen molar-refractivity contribution in [3.05, 3.63) is 59.2 Å². The molecule has 0 saturated carbocycles. The van der Waals surface area contributed by atoms with E-state index in [2.05, 4.69) is 24.3 Å². The zero-order valence-corrected chi connectivity index (χ0v) is 9.77. The highest BCUT2D eigenvalue weighted by molar-refractivity contribution is 6.17. The summed E-state index contributed by atoms with van der Waals surface area (Å²) in [7, 11) is 0. The van der Waals surface area contributed by atoms with E-state index in [0.29, 0.717) is 12.0 Å². The lowest BCUT2D eigenvalue weighted by atomic mass is 9.97. The summed E-state index contributed by atoms with van der Waals surface area (Å²) in [6.45, 7) is 2.04. The number of ketones is 2. The number of allylic oxidation sites excluding steroid dienone is 4. The quantitative estimate of drug-likeness (QED) is 0.742. The molecule has 2 heteroatoms. The lowest BCUT2D eigenvalue weighted by Gasteiger charge is -2.07. The van der Waals surface area contributed by atoms with Crippen LogP contribution in [0.4, 0.5) is 0 Å². The summed E-state index contributed by atoms with van der Waals surface area (Å²) in [4.78, 5) is 22.7. The van der Waals surface area contributed by atoms with Gasteiger partial charge >= 0.3 is 0 Å². The van der Waals surface area contributed by atoms with E-state index in [0.717, 1.165) is 6.42 Å². The molecule has 1 aromatic rings. The Morgan fingerprint density at radius 3 is 2.35 bits per heavy atom. The van der Waals surface area contributed by atoms with Gasteiger partial charge in [-0.1, -0.05) is 29.8 Å². The fourth-order valence-corrected chi connectivity index (χ4v) is 1.78. The van der Waals surface area contributed by atoms with Gasteiger partial charge in [-0.05, 0) is 43.6 Å². The van der Waals surface area contributed by atoms with Crippen molar-refractivity contribution in [3.63, 3.8) is 0 Å². The molecule has 0 amide bonds. The summed E-state index contributed by atoms with van der Waals surface area (Å²) in [6, 6.07) is 8.22. The van der Waals surface area contributed by atoms with Crippen LogP contribution in [0.2, 0.25) is 0 Å². The molecule has 86 valence electrons. The van der Waals surface area contributed by atoms with Crippen molar-refractivity contribution in [1.29, 1.82) is 0 Å². The molecule has 0 N–H and O–H groups in total. The molecule has 0 aromatic heterocycles. The molecule has 17 heavy (non-hydrogen) atoms. The van der Waals surface area contributed by atoms with Crippen molar-refractivity contribution in [2.75, 3.05) is 0 Å². The summed E-state index contributed by atoms with van der Waals surface area (Å²) < 4.78 is 0. The Morgan fingerprint density at radius 1 is 0.941 bits per heavy atom. The van der Waals surface area contributed by atoms with Gasteiger partial charge in [0.15, 0.2) is 11.6 Å². The zero-order valence-electron chi connectivity index (χ0n) is 9.77. The first-order chi connectivity index (χ1) is 8.15. The van der Waals surface area contributed by atoms with Gasteiger partial charge in [0.2, 0.25) is 0 Å². The molecular weight excluding hydrogens is 212 g/mol. The van der Waals surface area contributed by atoms with Gasteiger partial charge in [-0.25, -0.2) is 0 Å². The molecule has 0 heterocycles. The van der Waals surface area contributed by atoms with Gasteiger partial charge in [0.05, 0.1) is 0 Å². The van der Waals surface area contributed by atoms with Crippen LogP contribution in [0.25, 0.3) is 0 Å². The van der Waals surface area contributed by atoms with Crippen LogP contribution in [-0.4, -0.2) is 11.6 Å². The number of rotatable bonds is 3. The highest BCUT2D eigenvalue weighted by Crippen LogP contribution is 2.14. The largest absolute Gasteiger partial charge is 0.290 e. The lowest BCUT2D eigenvalue weighted by Crippen LogP contribution is -2.08. The molecule has 1 aromatic carbocycles. The van der Waals surface area contributed by atoms with Crippen LogP contribution in [0.1, 0.15) is 17.5 Å². The normalized spacial score (nSPS) is 15.0. The summed E-state index contributed by atoms with van der Waals surface area (Å²) in [5.41, 5.74) is 3.02. The van der Waals surface area contributed by atoms with Crippen molar-refractivity contribution in [1.82, 2.24) is 0 Å². The second kappa shape index (κ2) is 4.91. The molecule has 2 rings (SSSR count). The average molecular weight is 226 g/mol.